The molecule has 4 heterocycles. The van der Waals surface area contributed by atoms with Crippen molar-refractivity contribution in [3.8, 4) is 11.1 Å². The molecule has 2 aliphatic heterocycles. The molecule has 0 radical (unpaired) electrons. The van der Waals surface area contributed by atoms with E-state index in [1.54, 1.807) is 12.4 Å². The number of nitrogens with zero attached hydrogens (tertiary/aromatic N) is 4. The lowest BCUT2D eigenvalue weighted by Crippen LogP contribution is -2.49. The molecule has 32 heavy (non-hydrogen) atoms. The zero-order valence-electron chi connectivity index (χ0n) is 17.5. The fourth-order valence-electron chi connectivity index (χ4n) is 5.26. The quantitative estimate of drug-likeness (QED) is 0.494. The van der Waals surface area contributed by atoms with Crippen molar-refractivity contribution >= 4 is 16.7 Å². The van der Waals surface area contributed by atoms with Gasteiger partial charge in [0.1, 0.15) is 5.69 Å². The fraction of sp³-hybridized carbons (Fsp3) is 0.231. The molecule has 6 nitrogen and oxygen atoms in total. The standard InChI is InChI=1S/C26H22N4O2/c31-25-22(20-6-5-18-3-1-2-4-19(18)12-20)7-8-24-21-11-17(15-30(24)25)14-29(16-21)26(32)23-13-27-9-10-28-23/h1-10,12-13,17,21H,11,14-16H2/t17-,21-/m1/s1. The maximum Gasteiger partial charge on any atom is 0.274 e. The van der Waals surface area contributed by atoms with Crippen LogP contribution in [0.2, 0.25) is 0 Å². The molecule has 2 aliphatic rings. The maximum absolute atomic E-state index is 13.5. The summed E-state index contributed by atoms with van der Waals surface area (Å²) in [4.78, 5) is 36.4. The van der Waals surface area contributed by atoms with E-state index in [0.29, 0.717) is 25.3 Å². The number of amides is 1. The van der Waals surface area contributed by atoms with E-state index >= 15 is 0 Å². The first kappa shape index (κ1) is 18.9. The molecule has 158 valence electrons. The van der Waals surface area contributed by atoms with Crippen molar-refractivity contribution in [3.63, 3.8) is 0 Å². The molecule has 2 aromatic carbocycles. The van der Waals surface area contributed by atoms with Crippen LogP contribution >= 0.6 is 0 Å². The van der Waals surface area contributed by atoms with Crippen LogP contribution in [0, 0.1) is 5.92 Å². The molecule has 2 atom stereocenters. The lowest BCUT2D eigenvalue weighted by atomic mass is 9.82. The zero-order chi connectivity index (χ0) is 21.7. The summed E-state index contributed by atoms with van der Waals surface area (Å²) in [5.41, 5.74) is 3.12. The predicted octanol–water partition coefficient (Wildman–Crippen LogP) is 3.72. The van der Waals surface area contributed by atoms with Crippen molar-refractivity contribution in [1.29, 1.82) is 0 Å². The fourth-order valence-corrected chi connectivity index (χ4v) is 5.26. The van der Waals surface area contributed by atoms with Gasteiger partial charge < -0.3 is 9.47 Å². The normalized spacial score (nSPS) is 19.6. The molecule has 0 N–H and O–H groups in total. The number of benzene rings is 2. The van der Waals surface area contributed by atoms with Gasteiger partial charge in [-0.1, -0.05) is 36.4 Å². The Morgan fingerprint density at radius 2 is 1.81 bits per heavy atom. The molecule has 0 unspecified atom stereocenters. The highest BCUT2D eigenvalue weighted by atomic mass is 16.2. The first-order chi connectivity index (χ1) is 15.7. The van der Waals surface area contributed by atoms with Crippen molar-refractivity contribution in [2.24, 2.45) is 5.92 Å². The second kappa shape index (κ2) is 7.41. The smallest absolute Gasteiger partial charge is 0.274 e. The molecule has 6 heteroatoms. The van der Waals surface area contributed by atoms with Crippen LogP contribution in [0.1, 0.15) is 28.5 Å². The van der Waals surface area contributed by atoms with E-state index in [1.807, 2.05) is 33.7 Å². The van der Waals surface area contributed by atoms with E-state index < -0.39 is 0 Å². The Bertz CT molecular complexity index is 1400. The minimum atomic E-state index is -0.0867. The topological polar surface area (TPSA) is 68.1 Å². The summed E-state index contributed by atoms with van der Waals surface area (Å²) in [6.07, 6.45) is 5.62. The third-order valence-corrected chi connectivity index (χ3v) is 6.73. The van der Waals surface area contributed by atoms with E-state index in [4.69, 9.17) is 0 Å². The van der Waals surface area contributed by atoms with Gasteiger partial charge in [0.25, 0.3) is 11.5 Å². The van der Waals surface area contributed by atoms with Gasteiger partial charge in [-0.3, -0.25) is 14.6 Å². The highest BCUT2D eigenvalue weighted by Crippen LogP contribution is 2.36. The van der Waals surface area contributed by atoms with Gasteiger partial charge in [-0.25, -0.2) is 4.98 Å². The molecular formula is C26H22N4O2. The Hall–Kier alpha value is -3.80. The average molecular weight is 422 g/mol. The second-order valence-corrected chi connectivity index (χ2v) is 8.75. The van der Waals surface area contributed by atoms with Crippen molar-refractivity contribution in [1.82, 2.24) is 19.4 Å². The largest absolute Gasteiger partial charge is 0.336 e. The summed E-state index contributed by atoms with van der Waals surface area (Å²) in [7, 11) is 0. The maximum atomic E-state index is 13.5. The van der Waals surface area contributed by atoms with Gasteiger partial charge >= 0.3 is 0 Å². The SMILES string of the molecule is O=C(c1cnccn1)N1C[C@H]2C[C@H](C1)c1ccc(-c3ccc4ccccc4c3)c(=O)n1C2. The molecule has 0 saturated carbocycles. The van der Waals surface area contributed by atoms with Gasteiger partial charge in [0.2, 0.25) is 0 Å². The highest BCUT2D eigenvalue weighted by molar-refractivity contribution is 5.92. The van der Waals surface area contributed by atoms with Gasteiger partial charge in [0.15, 0.2) is 0 Å². The first-order valence-corrected chi connectivity index (χ1v) is 11.0. The number of likely N-dealkylation sites (tertiary alicyclic amines) is 1. The molecule has 2 bridgehead atoms. The molecule has 6 rings (SSSR count). The van der Waals surface area contributed by atoms with Crippen LogP contribution in [0.4, 0.5) is 0 Å². The molecular weight excluding hydrogens is 400 g/mol. The van der Waals surface area contributed by atoms with Crippen molar-refractivity contribution in [2.75, 3.05) is 13.1 Å². The summed E-state index contributed by atoms with van der Waals surface area (Å²) in [6, 6.07) is 18.4. The molecule has 1 amide bonds. The Labute approximate surface area is 185 Å². The van der Waals surface area contributed by atoms with Gasteiger partial charge in [-0.05, 0) is 46.9 Å². The number of fused-ring (bicyclic) bond motifs is 5. The summed E-state index contributed by atoms with van der Waals surface area (Å²) in [5, 5.41) is 2.29. The number of pyridine rings is 1. The first-order valence-electron chi connectivity index (χ1n) is 11.0. The Morgan fingerprint density at radius 1 is 0.938 bits per heavy atom. The van der Waals surface area contributed by atoms with Crippen LogP contribution < -0.4 is 5.56 Å². The van der Waals surface area contributed by atoms with E-state index in [2.05, 4.69) is 40.3 Å². The van der Waals surface area contributed by atoms with Crippen LogP contribution in [-0.2, 0) is 6.54 Å². The van der Waals surface area contributed by atoms with Crippen LogP contribution in [0.15, 0.2) is 78.0 Å². The van der Waals surface area contributed by atoms with Crippen molar-refractivity contribution in [3.05, 3.63) is 94.9 Å². The number of aromatic nitrogens is 3. The summed E-state index contributed by atoms with van der Waals surface area (Å²) in [5.74, 6) is 0.323. The van der Waals surface area contributed by atoms with Gasteiger partial charge in [-0.2, -0.15) is 0 Å². The Kier molecular flexibility index (Phi) is 4.38. The summed E-state index contributed by atoms with van der Waals surface area (Å²) < 4.78 is 1.94. The van der Waals surface area contributed by atoms with Crippen LogP contribution in [0.3, 0.4) is 0 Å². The number of rotatable bonds is 2. The van der Waals surface area contributed by atoms with Crippen LogP contribution in [0.5, 0.6) is 0 Å². The zero-order valence-corrected chi connectivity index (χ0v) is 17.5. The number of carbonyl (C=O) groups is 1. The third-order valence-electron chi connectivity index (χ3n) is 6.73. The lowest BCUT2D eigenvalue weighted by molar-refractivity contribution is 0.0588. The van der Waals surface area contributed by atoms with E-state index in [1.165, 1.54) is 6.20 Å². The van der Waals surface area contributed by atoms with Gasteiger partial charge in [0, 0.05) is 49.2 Å². The van der Waals surface area contributed by atoms with Crippen molar-refractivity contribution in [2.45, 2.75) is 18.9 Å². The van der Waals surface area contributed by atoms with Crippen molar-refractivity contribution < 1.29 is 4.79 Å². The molecule has 1 saturated heterocycles. The number of hydrogen-bond acceptors (Lipinski definition) is 4. The molecule has 0 aliphatic carbocycles. The highest BCUT2D eigenvalue weighted by Gasteiger charge is 2.37. The molecule has 4 aromatic rings. The minimum absolute atomic E-state index is 0.0567. The van der Waals surface area contributed by atoms with E-state index in [9.17, 15) is 9.59 Å². The second-order valence-electron chi connectivity index (χ2n) is 8.75. The average Bonchev–Trinajstić information content (AvgIpc) is 2.84. The number of hydrogen-bond donors (Lipinski definition) is 0. The lowest BCUT2D eigenvalue weighted by Gasteiger charge is -2.42. The number of piperidine rings is 1. The minimum Gasteiger partial charge on any atom is -0.336 e. The molecule has 1 fully saturated rings. The van der Waals surface area contributed by atoms with Crippen LogP contribution in [0.25, 0.3) is 21.9 Å². The van der Waals surface area contributed by atoms with Gasteiger partial charge in [-0.15, -0.1) is 0 Å². The monoisotopic (exact) mass is 422 g/mol. The molecule has 2 aromatic heterocycles. The van der Waals surface area contributed by atoms with E-state index in [-0.39, 0.29) is 23.3 Å². The third kappa shape index (κ3) is 3.11. The predicted molar refractivity (Wildman–Crippen MR) is 122 cm³/mol. The molecule has 0 spiro atoms. The number of carbonyl (C=O) groups excluding carboxylic acids is 1. The van der Waals surface area contributed by atoms with E-state index in [0.717, 1.165) is 34.0 Å². The van der Waals surface area contributed by atoms with Gasteiger partial charge in [0.05, 0.1) is 6.20 Å². The Morgan fingerprint density at radius 3 is 2.66 bits per heavy atom. The van der Waals surface area contributed by atoms with Crippen LogP contribution in [-0.4, -0.2) is 38.4 Å². The summed E-state index contributed by atoms with van der Waals surface area (Å²) >= 11 is 0. The summed E-state index contributed by atoms with van der Waals surface area (Å²) in [6.45, 7) is 1.87. The Balaban J connectivity index is 1.34.